The van der Waals surface area contributed by atoms with Crippen molar-refractivity contribution in [1.29, 1.82) is 0 Å². The molecule has 124 valence electrons. The van der Waals surface area contributed by atoms with Gasteiger partial charge in [0.05, 0.1) is 0 Å². The van der Waals surface area contributed by atoms with E-state index in [9.17, 15) is 14.0 Å². The third-order valence-corrected chi connectivity index (χ3v) is 4.01. The number of hydrogen-bond donors (Lipinski definition) is 0. The van der Waals surface area contributed by atoms with Crippen LogP contribution in [0.1, 0.15) is 5.56 Å². The predicted octanol–water partition coefficient (Wildman–Crippen LogP) is 1.95. The molecule has 0 fully saturated rings. The number of aromatic nitrogens is 3. The van der Waals surface area contributed by atoms with E-state index in [0.717, 1.165) is 4.68 Å². The van der Waals surface area contributed by atoms with Crippen molar-refractivity contribution in [2.75, 3.05) is 7.05 Å². The topological polar surface area (TPSA) is 59.6 Å². The van der Waals surface area contributed by atoms with Gasteiger partial charge in [0.15, 0.2) is 5.65 Å². The molecular weight excluding hydrogens is 335 g/mol. The highest BCUT2D eigenvalue weighted by Crippen LogP contribution is 2.20. The zero-order valence-corrected chi connectivity index (χ0v) is 13.6. The van der Waals surface area contributed by atoms with Crippen LogP contribution in [-0.4, -0.2) is 32.0 Å². The minimum atomic E-state index is -0.480. The van der Waals surface area contributed by atoms with E-state index in [4.69, 9.17) is 11.6 Å². The number of pyridine rings is 1. The van der Waals surface area contributed by atoms with Crippen molar-refractivity contribution in [1.82, 2.24) is 19.1 Å². The molecule has 0 bridgehead atoms. The number of carbonyl (C=O) groups excluding carboxylic acids is 1. The van der Waals surface area contributed by atoms with Crippen LogP contribution in [0.15, 0.2) is 47.4 Å². The molecule has 6 nitrogen and oxygen atoms in total. The third kappa shape index (κ3) is 3.03. The van der Waals surface area contributed by atoms with Crippen molar-refractivity contribution in [2.24, 2.45) is 0 Å². The fourth-order valence-corrected chi connectivity index (χ4v) is 2.55. The molecule has 0 aliphatic carbocycles. The smallest absolute Gasteiger partial charge is 0.340 e. The molecule has 1 amide bonds. The van der Waals surface area contributed by atoms with E-state index in [0.29, 0.717) is 5.65 Å². The van der Waals surface area contributed by atoms with Gasteiger partial charge in [0.2, 0.25) is 5.91 Å². The van der Waals surface area contributed by atoms with Crippen LogP contribution in [0.2, 0.25) is 5.02 Å². The standard InChI is InChI=1S/C16H14ClFN4O2/c1-20(9-11-12(17)5-4-6-13(11)18)15(23)10-22-16(24)21-8-3-2-7-14(21)19-22/h2-8H,9-10H2,1H3. The maximum Gasteiger partial charge on any atom is 0.350 e. The van der Waals surface area contributed by atoms with E-state index >= 15 is 0 Å². The number of nitrogens with zero attached hydrogens (tertiary/aromatic N) is 4. The first-order valence-electron chi connectivity index (χ1n) is 7.18. The molecule has 3 rings (SSSR count). The Morgan fingerprint density at radius 1 is 1.29 bits per heavy atom. The summed E-state index contributed by atoms with van der Waals surface area (Å²) in [6.07, 6.45) is 1.58. The van der Waals surface area contributed by atoms with Gasteiger partial charge in [-0.2, -0.15) is 0 Å². The van der Waals surface area contributed by atoms with Crippen molar-refractivity contribution in [3.05, 3.63) is 69.5 Å². The molecule has 0 spiro atoms. The van der Waals surface area contributed by atoms with Crippen molar-refractivity contribution in [3.63, 3.8) is 0 Å². The molecule has 0 aliphatic heterocycles. The average molecular weight is 349 g/mol. The predicted molar refractivity (Wildman–Crippen MR) is 87.3 cm³/mol. The van der Waals surface area contributed by atoms with Crippen LogP contribution < -0.4 is 5.69 Å². The molecule has 0 saturated heterocycles. The number of benzene rings is 1. The second kappa shape index (κ2) is 6.45. The minimum Gasteiger partial charge on any atom is -0.340 e. The first-order chi connectivity index (χ1) is 11.5. The molecule has 2 heterocycles. The second-order valence-corrected chi connectivity index (χ2v) is 5.73. The van der Waals surface area contributed by atoms with Crippen molar-refractivity contribution in [3.8, 4) is 0 Å². The van der Waals surface area contributed by atoms with Crippen molar-refractivity contribution < 1.29 is 9.18 Å². The highest BCUT2D eigenvalue weighted by molar-refractivity contribution is 6.31. The summed E-state index contributed by atoms with van der Waals surface area (Å²) in [7, 11) is 1.52. The molecule has 1 aromatic carbocycles. The lowest BCUT2D eigenvalue weighted by molar-refractivity contribution is -0.131. The molecule has 0 atom stereocenters. The highest BCUT2D eigenvalue weighted by Gasteiger charge is 2.17. The largest absolute Gasteiger partial charge is 0.350 e. The van der Waals surface area contributed by atoms with Gasteiger partial charge in [-0.1, -0.05) is 23.7 Å². The summed E-state index contributed by atoms with van der Waals surface area (Å²) in [6, 6.07) is 9.47. The van der Waals surface area contributed by atoms with Gasteiger partial charge in [0, 0.05) is 30.4 Å². The van der Waals surface area contributed by atoms with Crippen molar-refractivity contribution in [2.45, 2.75) is 13.1 Å². The molecule has 0 radical (unpaired) electrons. The highest BCUT2D eigenvalue weighted by atomic mass is 35.5. The lowest BCUT2D eigenvalue weighted by Crippen LogP contribution is -2.34. The molecule has 0 saturated carbocycles. The summed E-state index contributed by atoms with van der Waals surface area (Å²) in [5, 5.41) is 4.35. The van der Waals surface area contributed by atoms with Crippen LogP contribution in [0.5, 0.6) is 0 Å². The van der Waals surface area contributed by atoms with Crippen LogP contribution in [0, 0.1) is 5.82 Å². The van der Waals surface area contributed by atoms with Gasteiger partial charge in [0.1, 0.15) is 12.4 Å². The maximum atomic E-state index is 13.8. The third-order valence-electron chi connectivity index (χ3n) is 3.66. The number of halogens is 2. The maximum absolute atomic E-state index is 13.8. The van der Waals surface area contributed by atoms with Gasteiger partial charge >= 0.3 is 5.69 Å². The minimum absolute atomic E-state index is 0.00641. The van der Waals surface area contributed by atoms with Crippen LogP contribution >= 0.6 is 11.6 Å². The van der Waals surface area contributed by atoms with Crippen molar-refractivity contribution >= 4 is 23.2 Å². The van der Waals surface area contributed by atoms with E-state index in [1.165, 1.54) is 28.5 Å². The first kappa shape index (κ1) is 16.2. The summed E-state index contributed by atoms with van der Waals surface area (Å²) in [5.41, 5.74) is 0.281. The van der Waals surface area contributed by atoms with Gasteiger partial charge in [-0.05, 0) is 24.3 Å². The van der Waals surface area contributed by atoms with E-state index in [-0.39, 0.29) is 29.6 Å². The lowest BCUT2D eigenvalue weighted by Gasteiger charge is -2.18. The summed E-state index contributed by atoms with van der Waals surface area (Å²) in [6.45, 7) is -0.227. The van der Waals surface area contributed by atoms with Crippen LogP contribution in [0.4, 0.5) is 4.39 Å². The van der Waals surface area contributed by atoms with Crippen LogP contribution in [0.25, 0.3) is 5.65 Å². The van der Waals surface area contributed by atoms with E-state index in [1.54, 1.807) is 30.5 Å². The zero-order chi connectivity index (χ0) is 17.3. The summed E-state index contributed by atoms with van der Waals surface area (Å²) in [4.78, 5) is 25.8. The molecule has 0 aliphatic rings. The number of fused-ring (bicyclic) bond motifs is 1. The quantitative estimate of drug-likeness (QED) is 0.724. The Balaban J connectivity index is 1.79. The Labute approximate surface area is 141 Å². The van der Waals surface area contributed by atoms with Gasteiger partial charge in [-0.3, -0.25) is 9.20 Å². The van der Waals surface area contributed by atoms with E-state index < -0.39 is 11.5 Å². The number of likely N-dealkylation sites (N-methyl/N-ethyl adjacent to an activating group) is 1. The Hall–Kier alpha value is -2.67. The van der Waals surface area contributed by atoms with E-state index in [1.807, 2.05) is 0 Å². The second-order valence-electron chi connectivity index (χ2n) is 5.32. The normalized spacial score (nSPS) is 11.0. The van der Waals surface area contributed by atoms with Gasteiger partial charge in [-0.15, -0.1) is 5.10 Å². The fourth-order valence-electron chi connectivity index (χ4n) is 2.33. The summed E-state index contributed by atoms with van der Waals surface area (Å²) in [5.74, 6) is -0.855. The Kier molecular flexibility index (Phi) is 4.35. The number of amides is 1. The monoisotopic (exact) mass is 348 g/mol. The Morgan fingerprint density at radius 3 is 2.79 bits per heavy atom. The molecule has 0 unspecified atom stereocenters. The average Bonchev–Trinajstić information content (AvgIpc) is 2.87. The molecule has 0 N–H and O–H groups in total. The molecular formula is C16H14ClFN4O2. The Bertz CT molecular complexity index is 946. The van der Waals surface area contributed by atoms with Crippen LogP contribution in [-0.2, 0) is 17.9 Å². The number of rotatable bonds is 4. The molecule has 3 aromatic rings. The molecule has 8 heteroatoms. The van der Waals surface area contributed by atoms with Crippen LogP contribution in [0.3, 0.4) is 0 Å². The number of carbonyl (C=O) groups is 1. The summed E-state index contributed by atoms with van der Waals surface area (Å²) >= 11 is 5.97. The number of hydrogen-bond acceptors (Lipinski definition) is 3. The van der Waals surface area contributed by atoms with Gasteiger partial charge in [0.25, 0.3) is 0 Å². The van der Waals surface area contributed by atoms with Gasteiger partial charge < -0.3 is 4.90 Å². The molecule has 24 heavy (non-hydrogen) atoms. The first-order valence-corrected chi connectivity index (χ1v) is 7.56. The Morgan fingerprint density at radius 2 is 2.08 bits per heavy atom. The SMILES string of the molecule is CN(Cc1c(F)cccc1Cl)C(=O)Cn1nc2ccccn2c1=O. The zero-order valence-electron chi connectivity index (χ0n) is 12.8. The summed E-state index contributed by atoms with van der Waals surface area (Å²) < 4.78 is 16.2. The van der Waals surface area contributed by atoms with Gasteiger partial charge in [-0.25, -0.2) is 13.9 Å². The molecule has 2 aromatic heterocycles. The fraction of sp³-hybridized carbons (Fsp3) is 0.188. The van der Waals surface area contributed by atoms with E-state index in [2.05, 4.69) is 5.10 Å². The lowest BCUT2D eigenvalue weighted by atomic mass is 10.2.